The Balaban J connectivity index is 2.30. The zero-order valence-corrected chi connectivity index (χ0v) is 13.6. The van der Waals surface area contributed by atoms with Crippen LogP contribution in [0.5, 0.6) is 5.75 Å². The first-order chi connectivity index (χ1) is 12.7. The van der Waals surface area contributed by atoms with Gasteiger partial charge in [0.25, 0.3) is 0 Å². The van der Waals surface area contributed by atoms with Gasteiger partial charge in [-0.15, -0.1) is 13.2 Å². The van der Waals surface area contributed by atoms with Gasteiger partial charge in [-0.05, 0) is 24.3 Å². The van der Waals surface area contributed by atoms with Crippen LogP contribution in [0.2, 0.25) is 0 Å². The molecule has 0 fully saturated rings. The Labute approximate surface area is 149 Å². The van der Waals surface area contributed by atoms with Gasteiger partial charge in [0.1, 0.15) is 12.5 Å². The van der Waals surface area contributed by atoms with Gasteiger partial charge in [-0.2, -0.15) is 0 Å². The summed E-state index contributed by atoms with van der Waals surface area (Å²) in [6.07, 6.45) is -4.86. The van der Waals surface area contributed by atoms with Crippen molar-refractivity contribution in [2.24, 2.45) is 5.73 Å². The minimum atomic E-state index is -4.86. The van der Waals surface area contributed by atoms with Crippen LogP contribution in [0.3, 0.4) is 0 Å². The third-order valence-corrected chi connectivity index (χ3v) is 3.85. The van der Waals surface area contributed by atoms with Crippen LogP contribution in [0, 0.1) is 0 Å². The van der Waals surface area contributed by atoms with E-state index in [1.807, 2.05) is 0 Å². The number of hydrogen-bond acceptors (Lipinski definition) is 4. The molecule has 0 aliphatic heterocycles. The number of aliphatic carboxylic acids is 1. The van der Waals surface area contributed by atoms with Crippen LogP contribution in [-0.2, 0) is 16.3 Å². The highest BCUT2D eigenvalue weighted by atomic mass is 19.4. The molecule has 3 rings (SSSR count). The number of hydrogen-bond donors (Lipinski definition) is 2. The van der Waals surface area contributed by atoms with E-state index in [1.165, 1.54) is 41.0 Å². The Hall–Kier alpha value is -3.27. The number of carbonyl (C=O) groups excluding carboxylic acids is 1. The van der Waals surface area contributed by atoms with Gasteiger partial charge < -0.3 is 20.1 Å². The third kappa shape index (κ3) is 3.65. The lowest BCUT2D eigenvalue weighted by Gasteiger charge is -2.11. The van der Waals surface area contributed by atoms with E-state index in [1.54, 1.807) is 0 Å². The van der Waals surface area contributed by atoms with Crippen LogP contribution in [0.1, 0.15) is 10.4 Å². The Morgan fingerprint density at radius 2 is 1.70 bits per heavy atom. The number of carboxylic acid groups (broad SMARTS) is 1. The van der Waals surface area contributed by atoms with Crippen molar-refractivity contribution in [2.75, 3.05) is 6.61 Å². The van der Waals surface area contributed by atoms with E-state index in [0.717, 1.165) is 0 Å². The Morgan fingerprint density at radius 1 is 1.07 bits per heavy atom. The summed E-state index contributed by atoms with van der Waals surface area (Å²) in [5, 5.41) is 9.36. The second kappa shape index (κ2) is 6.80. The van der Waals surface area contributed by atoms with Crippen molar-refractivity contribution < 1.29 is 37.3 Å². The number of benzene rings is 2. The van der Waals surface area contributed by atoms with Crippen molar-refractivity contribution in [3.63, 3.8) is 0 Å². The monoisotopic (exact) mass is 382 g/mol. The molecule has 7 nitrogen and oxygen atoms in total. The second-order valence-electron chi connectivity index (χ2n) is 5.54. The molecule has 3 N–H and O–H groups in total. The summed E-state index contributed by atoms with van der Waals surface area (Å²) >= 11 is 0. The van der Waals surface area contributed by atoms with Crippen molar-refractivity contribution in [2.45, 2.75) is 13.1 Å². The van der Waals surface area contributed by atoms with Crippen molar-refractivity contribution in [1.82, 2.24) is 4.57 Å². The number of halogens is 3. The van der Waals surface area contributed by atoms with Crippen molar-refractivity contribution in [1.29, 1.82) is 0 Å². The minimum absolute atomic E-state index is 0.0645. The number of aromatic nitrogens is 1. The molecule has 0 spiro atoms. The van der Waals surface area contributed by atoms with Crippen LogP contribution in [0.25, 0.3) is 21.8 Å². The van der Waals surface area contributed by atoms with Gasteiger partial charge in [0.2, 0.25) is 5.91 Å². The molecule has 1 heterocycles. The Bertz CT molecular complexity index is 1040. The van der Waals surface area contributed by atoms with Gasteiger partial charge in [0.15, 0.2) is 6.61 Å². The van der Waals surface area contributed by atoms with E-state index >= 15 is 0 Å². The Kier molecular flexibility index (Phi) is 4.66. The standard InChI is InChI=1S/C17H13F3N2O5/c18-17(19,20)27-8-22-10-4-1-3-9(16(21)25)14(10)15-11(22)5-2-6-12(15)26-7-13(23)24/h1-6H,7-8H2,(H2,21,25)(H,23,24). The summed E-state index contributed by atoms with van der Waals surface area (Å²) in [6.45, 7) is -1.53. The molecule has 1 amide bonds. The average molecular weight is 382 g/mol. The fourth-order valence-corrected chi connectivity index (χ4v) is 2.90. The van der Waals surface area contributed by atoms with Crippen LogP contribution < -0.4 is 10.5 Å². The first-order valence-electron chi connectivity index (χ1n) is 7.58. The van der Waals surface area contributed by atoms with E-state index in [9.17, 15) is 22.8 Å². The largest absolute Gasteiger partial charge is 0.524 e. The number of primary amides is 1. The molecule has 0 aliphatic carbocycles. The molecule has 0 unspecified atom stereocenters. The lowest BCUT2D eigenvalue weighted by atomic mass is 10.1. The van der Waals surface area contributed by atoms with Gasteiger partial charge in [0, 0.05) is 10.9 Å². The highest BCUT2D eigenvalue weighted by molar-refractivity contribution is 6.19. The maximum atomic E-state index is 12.5. The number of nitrogens with zero attached hydrogens (tertiary/aromatic N) is 1. The summed E-state index contributed by atoms with van der Waals surface area (Å²) < 4.78 is 48.0. The first-order valence-corrected chi connectivity index (χ1v) is 7.58. The third-order valence-electron chi connectivity index (χ3n) is 3.85. The summed E-state index contributed by atoms with van der Waals surface area (Å²) in [4.78, 5) is 22.6. The molecule has 0 saturated carbocycles. The zero-order valence-electron chi connectivity index (χ0n) is 13.6. The number of carbonyl (C=O) groups is 2. The molecular formula is C17H13F3N2O5. The molecule has 142 valence electrons. The number of alkyl halides is 3. The van der Waals surface area contributed by atoms with Gasteiger partial charge in [-0.1, -0.05) is 12.1 Å². The minimum Gasteiger partial charge on any atom is -0.481 e. The molecule has 0 radical (unpaired) electrons. The first kappa shape index (κ1) is 18.5. The summed E-state index contributed by atoms with van der Waals surface area (Å²) in [6, 6.07) is 8.86. The molecule has 3 aromatic rings. The summed E-state index contributed by atoms with van der Waals surface area (Å²) in [5.41, 5.74) is 6.00. The fraction of sp³-hybridized carbons (Fsp3) is 0.176. The van der Waals surface area contributed by atoms with Crippen LogP contribution in [-0.4, -0.2) is 34.5 Å². The zero-order chi connectivity index (χ0) is 19.8. The Morgan fingerprint density at radius 3 is 2.30 bits per heavy atom. The fourth-order valence-electron chi connectivity index (χ4n) is 2.90. The van der Waals surface area contributed by atoms with Crippen molar-refractivity contribution in [3.8, 4) is 5.75 Å². The average Bonchev–Trinajstić information content (AvgIpc) is 2.91. The van der Waals surface area contributed by atoms with E-state index in [-0.39, 0.29) is 33.1 Å². The van der Waals surface area contributed by atoms with Gasteiger partial charge in [-0.25, -0.2) is 4.79 Å². The highest BCUT2D eigenvalue weighted by Crippen LogP contribution is 2.38. The molecular weight excluding hydrogens is 369 g/mol. The normalized spacial score (nSPS) is 11.8. The molecule has 10 heteroatoms. The van der Waals surface area contributed by atoms with Crippen LogP contribution in [0.4, 0.5) is 13.2 Å². The smallest absolute Gasteiger partial charge is 0.481 e. The number of ether oxygens (including phenoxy) is 2. The highest BCUT2D eigenvalue weighted by Gasteiger charge is 2.30. The van der Waals surface area contributed by atoms with Crippen LogP contribution in [0.15, 0.2) is 36.4 Å². The second-order valence-corrected chi connectivity index (χ2v) is 5.54. The molecule has 2 aromatic carbocycles. The topological polar surface area (TPSA) is 104 Å². The quantitative estimate of drug-likeness (QED) is 0.682. The number of carboxylic acids is 1. The lowest BCUT2D eigenvalue weighted by molar-refractivity contribution is -0.337. The number of fused-ring (bicyclic) bond motifs is 3. The molecule has 27 heavy (non-hydrogen) atoms. The molecule has 0 atom stereocenters. The summed E-state index contributed by atoms with van der Waals surface area (Å²) in [5.74, 6) is -1.92. The maximum Gasteiger partial charge on any atom is 0.524 e. The lowest BCUT2D eigenvalue weighted by Crippen LogP contribution is -2.16. The van der Waals surface area contributed by atoms with Crippen LogP contribution >= 0.6 is 0 Å². The van der Waals surface area contributed by atoms with E-state index in [0.29, 0.717) is 0 Å². The summed E-state index contributed by atoms with van der Waals surface area (Å²) in [7, 11) is 0. The maximum absolute atomic E-state index is 12.5. The predicted octanol–water partition coefficient (Wildman–Crippen LogP) is 2.85. The van der Waals surface area contributed by atoms with Crippen molar-refractivity contribution >= 4 is 33.7 Å². The van der Waals surface area contributed by atoms with Gasteiger partial charge >= 0.3 is 12.3 Å². The van der Waals surface area contributed by atoms with Gasteiger partial charge in [0.05, 0.1) is 16.4 Å². The molecule has 1 aromatic heterocycles. The van der Waals surface area contributed by atoms with E-state index in [2.05, 4.69) is 4.74 Å². The predicted molar refractivity (Wildman–Crippen MR) is 88.2 cm³/mol. The van der Waals surface area contributed by atoms with Crippen molar-refractivity contribution in [3.05, 3.63) is 42.0 Å². The van der Waals surface area contributed by atoms with Gasteiger partial charge in [-0.3, -0.25) is 9.53 Å². The molecule has 0 aliphatic rings. The number of amides is 1. The molecule has 0 bridgehead atoms. The number of rotatable bonds is 6. The molecule has 0 saturated heterocycles. The van der Waals surface area contributed by atoms with E-state index in [4.69, 9.17) is 15.6 Å². The number of nitrogens with two attached hydrogens (primary N) is 1. The van der Waals surface area contributed by atoms with E-state index < -0.39 is 31.6 Å². The SMILES string of the molecule is NC(=O)c1cccc2c1c1c(OCC(=O)O)cccc1n2COC(F)(F)F.